The van der Waals surface area contributed by atoms with Crippen molar-refractivity contribution < 1.29 is 4.42 Å². The zero-order valence-corrected chi connectivity index (χ0v) is 18.8. The van der Waals surface area contributed by atoms with Crippen LogP contribution in [0, 0.1) is 19.8 Å². The maximum absolute atomic E-state index is 12.4. The van der Waals surface area contributed by atoms with Gasteiger partial charge in [-0.05, 0) is 56.2 Å². The Kier molecular flexibility index (Phi) is 4.84. The minimum absolute atomic E-state index is 0.0861. The lowest BCUT2D eigenvalue weighted by Gasteiger charge is -2.16. The first-order chi connectivity index (χ1) is 14.0. The summed E-state index contributed by atoms with van der Waals surface area (Å²) in [5.41, 5.74) is 2.34. The van der Waals surface area contributed by atoms with E-state index in [1.165, 1.54) is 28.6 Å². The van der Waals surface area contributed by atoms with E-state index in [9.17, 15) is 4.79 Å². The van der Waals surface area contributed by atoms with Gasteiger partial charge >= 0.3 is 0 Å². The first kappa shape index (κ1) is 19.0. The molecule has 1 aliphatic carbocycles. The van der Waals surface area contributed by atoms with E-state index in [1.54, 1.807) is 22.7 Å². The molecule has 4 aromatic rings. The summed E-state index contributed by atoms with van der Waals surface area (Å²) >= 11 is 4.70. The Hall–Kier alpha value is -1.97. The predicted molar refractivity (Wildman–Crippen MR) is 118 cm³/mol. The van der Waals surface area contributed by atoms with Gasteiger partial charge in [0, 0.05) is 9.75 Å². The van der Waals surface area contributed by atoms with Crippen molar-refractivity contribution in [2.45, 2.75) is 51.0 Å². The summed E-state index contributed by atoms with van der Waals surface area (Å²) in [7, 11) is 0. The smallest absolute Gasteiger partial charge is 0.277 e. The zero-order valence-electron chi connectivity index (χ0n) is 16.4. The summed E-state index contributed by atoms with van der Waals surface area (Å²) in [6.07, 6.45) is 3.52. The molecule has 4 aromatic heterocycles. The Labute approximate surface area is 179 Å². The molecule has 0 radical (unpaired) electrons. The molecule has 29 heavy (non-hydrogen) atoms. The highest BCUT2D eigenvalue weighted by Gasteiger charge is 2.21. The fourth-order valence-corrected chi connectivity index (χ4v) is 6.49. The molecule has 1 aliphatic rings. The van der Waals surface area contributed by atoms with Crippen LogP contribution in [-0.4, -0.2) is 20.2 Å². The van der Waals surface area contributed by atoms with E-state index in [4.69, 9.17) is 4.42 Å². The lowest BCUT2D eigenvalue weighted by molar-refractivity contribution is 0.466. The highest BCUT2D eigenvalue weighted by Crippen LogP contribution is 2.37. The molecule has 0 saturated heterocycles. The Bertz CT molecular complexity index is 1270. The minimum atomic E-state index is -0.0861. The van der Waals surface area contributed by atoms with Crippen LogP contribution < -0.4 is 5.56 Å². The van der Waals surface area contributed by atoms with Gasteiger partial charge in [0.15, 0.2) is 0 Å². The monoisotopic (exact) mass is 444 g/mol. The van der Waals surface area contributed by atoms with Crippen molar-refractivity contribution in [1.29, 1.82) is 0 Å². The van der Waals surface area contributed by atoms with Crippen LogP contribution >= 0.6 is 34.4 Å². The van der Waals surface area contributed by atoms with E-state index < -0.39 is 0 Å². The van der Waals surface area contributed by atoms with Crippen LogP contribution in [0.3, 0.4) is 0 Å². The number of H-pyrrole nitrogens is 1. The Morgan fingerprint density at radius 2 is 2.17 bits per heavy atom. The molecule has 1 N–H and O–H groups in total. The molecule has 0 aliphatic heterocycles. The average molecular weight is 445 g/mol. The van der Waals surface area contributed by atoms with Gasteiger partial charge in [-0.15, -0.1) is 32.9 Å². The van der Waals surface area contributed by atoms with Crippen LogP contribution in [0.5, 0.6) is 0 Å². The number of aryl methyl sites for hydroxylation is 3. The Morgan fingerprint density at radius 1 is 1.31 bits per heavy atom. The van der Waals surface area contributed by atoms with Crippen LogP contribution in [-0.2, 0) is 18.6 Å². The van der Waals surface area contributed by atoms with E-state index in [2.05, 4.69) is 33.2 Å². The van der Waals surface area contributed by atoms with Crippen LogP contribution in [0.25, 0.3) is 21.0 Å². The number of fused-ring (bicyclic) bond motifs is 2. The highest BCUT2D eigenvalue weighted by molar-refractivity contribution is 7.98. The minimum Gasteiger partial charge on any atom is -0.410 e. The number of thiophene rings is 2. The maximum Gasteiger partial charge on any atom is 0.277 e. The summed E-state index contributed by atoms with van der Waals surface area (Å²) < 4.78 is 5.87. The molecule has 1 atom stereocenters. The Balaban J connectivity index is 1.33. The number of aromatic amines is 1. The van der Waals surface area contributed by atoms with Gasteiger partial charge in [-0.25, -0.2) is 4.98 Å². The van der Waals surface area contributed by atoms with E-state index in [0.29, 0.717) is 28.1 Å². The topological polar surface area (TPSA) is 84.7 Å². The molecule has 0 spiro atoms. The van der Waals surface area contributed by atoms with Gasteiger partial charge < -0.3 is 9.40 Å². The van der Waals surface area contributed by atoms with Crippen LogP contribution in [0.1, 0.15) is 40.1 Å². The normalized spacial score (nSPS) is 16.4. The number of nitrogens with zero attached hydrogens (tertiary/aromatic N) is 3. The van der Waals surface area contributed by atoms with Crippen molar-refractivity contribution in [3.63, 3.8) is 0 Å². The SMILES string of the molecule is Cc1sc2nc(CSc3nnc(-c4cc5c(s4)CC[C@@H](C)C5)o3)[nH]c(=O)c2c1C. The number of hydrogen-bond acceptors (Lipinski definition) is 8. The van der Waals surface area contributed by atoms with Gasteiger partial charge in [-0.3, -0.25) is 4.79 Å². The molecular weight excluding hydrogens is 424 g/mol. The zero-order chi connectivity index (χ0) is 20.1. The lowest BCUT2D eigenvalue weighted by Crippen LogP contribution is -2.10. The highest BCUT2D eigenvalue weighted by atomic mass is 32.2. The number of hydrogen-bond donors (Lipinski definition) is 1. The molecule has 150 valence electrons. The molecular formula is C20H20N4O2S3. The van der Waals surface area contributed by atoms with Gasteiger partial charge in [-0.2, -0.15) is 0 Å². The van der Waals surface area contributed by atoms with Gasteiger partial charge in [-0.1, -0.05) is 18.7 Å². The number of nitrogens with one attached hydrogen (secondary N) is 1. The summed E-state index contributed by atoms with van der Waals surface area (Å²) in [4.78, 5) is 24.3. The van der Waals surface area contributed by atoms with E-state index in [0.717, 1.165) is 38.9 Å². The van der Waals surface area contributed by atoms with Gasteiger partial charge in [0.1, 0.15) is 10.7 Å². The number of aromatic nitrogens is 4. The average Bonchev–Trinajstić information content (AvgIpc) is 3.37. The van der Waals surface area contributed by atoms with Gasteiger partial charge in [0.05, 0.1) is 16.0 Å². The predicted octanol–water partition coefficient (Wildman–Crippen LogP) is 5.13. The fraction of sp³-hybridized carbons (Fsp3) is 0.400. The molecule has 0 aromatic carbocycles. The van der Waals surface area contributed by atoms with Crippen molar-refractivity contribution in [1.82, 2.24) is 20.2 Å². The van der Waals surface area contributed by atoms with Crippen molar-refractivity contribution in [2.75, 3.05) is 0 Å². The maximum atomic E-state index is 12.4. The van der Waals surface area contributed by atoms with Gasteiger partial charge in [0.25, 0.3) is 16.7 Å². The van der Waals surface area contributed by atoms with Crippen molar-refractivity contribution >= 4 is 44.7 Å². The second kappa shape index (κ2) is 7.37. The molecule has 6 nitrogen and oxygen atoms in total. The van der Waals surface area contributed by atoms with Crippen molar-refractivity contribution in [3.8, 4) is 10.8 Å². The van der Waals surface area contributed by atoms with Gasteiger partial charge in [0.2, 0.25) is 0 Å². The quantitative estimate of drug-likeness (QED) is 0.439. The third kappa shape index (κ3) is 3.55. The molecule has 0 bridgehead atoms. The third-order valence-electron chi connectivity index (χ3n) is 5.37. The molecule has 0 unspecified atom stereocenters. The fourth-order valence-electron chi connectivity index (χ4n) is 3.68. The van der Waals surface area contributed by atoms with Crippen LogP contribution in [0.4, 0.5) is 0 Å². The van der Waals surface area contributed by atoms with Crippen LogP contribution in [0.2, 0.25) is 0 Å². The van der Waals surface area contributed by atoms with E-state index >= 15 is 0 Å². The van der Waals surface area contributed by atoms with Crippen molar-refractivity contribution in [3.05, 3.63) is 43.1 Å². The summed E-state index contributed by atoms with van der Waals surface area (Å²) in [6, 6.07) is 2.20. The van der Waals surface area contributed by atoms with E-state index in [1.807, 2.05) is 13.8 Å². The van der Waals surface area contributed by atoms with Crippen molar-refractivity contribution in [2.24, 2.45) is 5.92 Å². The largest absolute Gasteiger partial charge is 0.410 e. The molecule has 0 amide bonds. The molecule has 9 heteroatoms. The summed E-state index contributed by atoms with van der Waals surface area (Å²) in [5, 5.41) is 9.57. The first-order valence-corrected chi connectivity index (χ1v) is 12.2. The van der Waals surface area contributed by atoms with Crippen LogP contribution in [0.15, 0.2) is 20.5 Å². The number of thioether (sulfide) groups is 1. The number of rotatable bonds is 4. The summed E-state index contributed by atoms with van der Waals surface area (Å²) in [5.74, 6) is 2.40. The Morgan fingerprint density at radius 3 is 3.03 bits per heavy atom. The summed E-state index contributed by atoms with van der Waals surface area (Å²) in [6.45, 7) is 6.28. The standard InChI is InChI=1S/C20H20N4O2S3/c1-9-4-5-13-12(6-9)7-14(29-13)18-23-24-20(26-18)27-8-15-21-17(25)16-10(2)11(3)28-19(16)22-15/h7,9H,4-6,8H2,1-3H3,(H,21,22,25)/t9-/m1/s1. The second-order valence-corrected chi connectivity index (χ2v) is 10.8. The molecule has 0 fully saturated rings. The first-order valence-electron chi connectivity index (χ1n) is 9.55. The lowest BCUT2D eigenvalue weighted by atomic mass is 9.90. The van der Waals surface area contributed by atoms with E-state index in [-0.39, 0.29) is 5.56 Å². The molecule has 0 saturated carbocycles. The molecule has 5 rings (SSSR count). The second-order valence-electron chi connectivity index (χ2n) is 7.54. The molecule has 4 heterocycles. The third-order valence-corrected chi connectivity index (χ3v) is 8.52.